The van der Waals surface area contributed by atoms with Crippen LogP contribution in [0.4, 0.5) is 23.0 Å². The van der Waals surface area contributed by atoms with Crippen molar-refractivity contribution in [3.8, 4) is 0 Å². The molecule has 0 aliphatic rings. The van der Waals surface area contributed by atoms with Gasteiger partial charge in [0.2, 0.25) is 16.9 Å². The highest BCUT2D eigenvalue weighted by Crippen LogP contribution is 2.31. The van der Waals surface area contributed by atoms with Crippen molar-refractivity contribution in [3.63, 3.8) is 0 Å². The van der Waals surface area contributed by atoms with Gasteiger partial charge in [-0.2, -0.15) is 9.97 Å². The van der Waals surface area contributed by atoms with Gasteiger partial charge in [0, 0.05) is 5.69 Å². The van der Waals surface area contributed by atoms with Gasteiger partial charge in [-0.05, 0) is 30.7 Å². The maximum Gasteiger partial charge on any atom is 0.353 e. The van der Waals surface area contributed by atoms with Crippen LogP contribution in [0.25, 0.3) is 0 Å². The first-order chi connectivity index (χ1) is 8.97. The van der Waals surface area contributed by atoms with Crippen LogP contribution in [0.2, 0.25) is 5.28 Å². The van der Waals surface area contributed by atoms with E-state index in [1.807, 2.05) is 19.1 Å². The fourth-order valence-electron chi connectivity index (χ4n) is 1.48. The van der Waals surface area contributed by atoms with E-state index in [1.54, 1.807) is 12.1 Å². The third-order valence-electron chi connectivity index (χ3n) is 2.38. The smallest absolute Gasteiger partial charge is 0.353 e. The summed E-state index contributed by atoms with van der Waals surface area (Å²) in [6.45, 7) is 1.94. The largest absolute Gasteiger partial charge is 0.378 e. The van der Waals surface area contributed by atoms with E-state index in [-0.39, 0.29) is 16.9 Å². The predicted octanol–water partition coefficient (Wildman–Crippen LogP) is 2.67. The molecule has 1 heterocycles. The Morgan fingerprint density at radius 1 is 1.32 bits per heavy atom. The van der Waals surface area contributed by atoms with Crippen molar-refractivity contribution in [2.24, 2.45) is 0 Å². The molecule has 98 valence electrons. The summed E-state index contributed by atoms with van der Waals surface area (Å²) < 4.78 is 0. The van der Waals surface area contributed by atoms with Crippen LogP contribution in [-0.4, -0.2) is 14.9 Å². The fraction of sp³-hybridized carbons (Fsp3) is 0.0909. The first-order valence-corrected chi connectivity index (χ1v) is 5.66. The Labute approximate surface area is 113 Å². The van der Waals surface area contributed by atoms with E-state index in [4.69, 9.17) is 17.3 Å². The van der Waals surface area contributed by atoms with E-state index in [9.17, 15) is 10.1 Å². The monoisotopic (exact) mass is 279 g/mol. The molecule has 0 atom stereocenters. The second-order valence-corrected chi connectivity index (χ2v) is 4.16. The third kappa shape index (κ3) is 2.89. The van der Waals surface area contributed by atoms with Crippen molar-refractivity contribution >= 4 is 34.6 Å². The van der Waals surface area contributed by atoms with E-state index in [0.717, 1.165) is 5.56 Å². The number of nitro groups is 1. The van der Waals surface area contributed by atoms with Crippen LogP contribution in [-0.2, 0) is 0 Å². The van der Waals surface area contributed by atoms with Crippen LogP contribution in [0.5, 0.6) is 0 Å². The Balaban J connectivity index is 2.44. The van der Waals surface area contributed by atoms with Gasteiger partial charge in [0.15, 0.2) is 0 Å². The predicted molar refractivity (Wildman–Crippen MR) is 72.6 cm³/mol. The molecule has 8 heteroatoms. The van der Waals surface area contributed by atoms with E-state index >= 15 is 0 Å². The van der Waals surface area contributed by atoms with Crippen LogP contribution < -0.4 is 11.1 Å². The Kier molecular flexibility index (Phi) is 3.48. The number of aryl methyl sites for hydroxylation is 1. The summed E-state index contributed by atoms with van der Waals surface area (Å²) in [5, 5.41) is 13.6. The van der Waals surface area contributed by atoms with Crippen LogP contribution in [0, 0.1) is 17.0 Å². The Morgan fingerprint density at radius 3 is 2.53 bits per heavy atom. The van der Waals surface area contributed by atoms with Crippen LogP contribution in [0.3, 0.4) is 0 Å². The number of nitrogens with two attached hydrogens (primary N) is 1. The number of hydrogen-bond acceptors (Lipinski definition) is 6. The molecule has 0 bridgehead atoms. The molecule has 2 aromatic rings. The molecule has 1 aromatic heterocycles. The molecule has 7 nitrogen and oxygen atoms in total. The van der Waals surface area contributed by atoms with Gasteiger partial charge < -0.3 is 11.1 Å². The summed E-state index contributed by atoms with van der Waals surface area (Å²) in [7, 11) is 0. The van der Waals surface area contributed by atoms with Crippen molar-refractivity contribution < 1.29 is 4.92 Å². The molecule has 0 spiro atoms. The van der Waals surface area contributed by atoms with Crippen molar-refractivity contribution in [1.82, 2.24) is 9.97 Å². The Hall–Kier alpha value is -2.41. The summed E-state index contributed by atoms with van der Waals surface area (Å²) in [5.74, 6) is -0.314. The summed E-state index contributed by atoms with van der Waals surface area (Å²) >= 11 is 5.65. The zero-order chi connectivity index (χ0) is 14.0. The number of aromatic nitrogens is 2. The lowest BCUT2D eigenvalue weighted by atomic mass is 10.2. The highest BCUT2D eigenvalue weighted by molar-refractivity contribution is 6.28. The van der Waals surface area contributed by atoms with Gasteiger partial charge in [-0.3, -0.25) is 10.1 Å². The summed E-state index contributed by atoms with van der Waals surface area (Å²) in [6.07, 6.45) is 0. The van der Waals surface area contributed by atoms with Gasteiger partial charge in [0.1, 0.15) is 0 Å². The molecule has 0 saturated carbocycles. The molecule has 0 aliphatic carbocycles. The molecule has 0 amide bonds. The molecule has 0 saturated heterocycles. The van der Waals surface area contributed by atoms with Gasteiger partial charge in [0.05, 0.1) is 4.92 Å². The van der Waals surface area contributed by atoms with E-state index in [2.05, 4.69) is 15.3 Å². The highest BCUT2D eigenvalue weighted by Gasteiger charge is 2.22. The average molecular weight is 280 g/mol. The van der Waals surface area contributed by atoms with Crippen LogP contribution in [0.1, 0.15) is 5.56 Å². The number of nitrogens with zero attached hydrogens (tertiary/aromatic N) is 3. The van der Waals surface area contributed by atoms with Crippen LogP contribution >= 0.6 is 11.6 Å². The van der Waals surface area contributed by atoms with E-state index in [0.29, 0.717) is 5.69 Å². The quantitative estimate of drug-likeness (QED) is 0.508. The molecule has 1 aromatic carbocycles. The topological polar surface area (TPSA) is 107 Å². The Bertz CT molecular complexity index is 630. The zero-order valence-corrected chi connectivity index (χ0v) is 10.7. The molecule has 19 heavy (non-hydrogen) atoms. The van der Waals surface area contributed by atoms with Crippen molar-refractivity contribution in [2.45, 2.75) is 6.92 Å². The van der Waals surface area contributed by atoms with Gasteiger partial charge in [-0.1, -0.05) is 17.7 Å². The number of halogens is 1. The normalized spacial score (nSPS) is 10.2. The maximum atomic E-state index is 11.0. The molecule has 0 unspecified atom stereocenters. The lowest BCUT2D eigenvalue weighted by molar-refractivity contribution is -0.383. The number of rotatable bonds is 3. The van der Waals surface area contributed by atoms with E-state index in [1.165, 1.54) is 0 Å². The summed E-state index contributed by atoms with van der Waals surface area (Å²) in [4.78, 5) is 17.7. The van der Waals surface area contributed by atoms with Crippen LogP contribution in [0.15, 0.2) is 24.3 Å². The Morgan fingerprint density at radius 2 is 1.95 bits per heavy atom. The average Bonchev–Trinajstić information content (AvgIpc) is 2.30. The lowest BCUT2D eigenvalue weighted by Crippen LogP contribution is -2.06. The fourth-order valence-corrected chi connectivity index (χ4v) is 1.66. The molecule has 0 radical (unpaired) electrons. The maximum absolute atomic E-state index is 11.0. The second kappa shape index (κ2) is 5.07. The minimum atomic E-state index is -0.651. The minimum Gasteiger partial charge on any atom is -0.378 e. The van der Waals surface area contributed by atoms with Gasteiger partial charge >= 0.3 is 5.69 Å². The standard InChI is InChI=1S/C11H10ClN5O2/c1-6-2-4-7(5-3-6)14-10-8(17(18)19)9(13)15-11(12)16-10/h2-5H,1H3,(H3,13,14,15,16). The molecular formula is C11H10ClN5O2. The van der Waals surface area contributed by atoms with Gasteiger partial charge in [0.25, 0.3) is 0 Å². The second-order valence-electron chi connectivity index (χ2n) is 3.82. The number of hydrogen-bond donors (Lipinski definition) is 2. The van der Waals surface area contributed by atoms with E-state index < -0.39 is 10.6 Å². The summed E-state index contributed by atoms with van der Waals surface area (Å²) in [5.41, 5.74) is 6.80. The first kappa shape index (κ1) is 13.0. The number of nitrogens with one attached hydrogen (secondary N) is 1. The number of benzene rings is 1. The van der Waals surface area contributed by atoms with Gasteiger partial charge in [-0.25, -0.2) is 0 Å². The minimum absolute atomic E-state index is 0.0358. The first-order valence-electron chi connectivity index (χ1n) is 5.28. The molecular weight excluding hydrogens is 270 g/mol. The van der Waals surface area contributed by atoms with Crippen molar-refractivity contribution in [1.29, 1.82) is 0 Å². The van der Waals surface area contributed by atoms with Crippen molar-refractivity contribution in [2.75, 3.05) is 11.1 Å². The van der Waals surface area contributed by atoms with Crippen molar-refractivity contribution in [3.05, 3.63) is 45.2 Å². The molecule has 2 rings (SSSR count). The zero-order valence-electron chi connectivity index (χ0n) is 9.92. The molecule has 0 fully saturated rings. The van der Waals surface area contributed by atoms with Gasteiger partial charge in [-0.15, -0.1) is 0 Å². The molecule has 3 N–H and O–H groups in total. The number of anilines is 3. The highest BCUT2D eigenvalue weighted by atomic mass is 35.5. The summed E-state index contributed by atoms with van der Waals surface area (Å²) in [6, 6.07) is 7.26. The lowest BCUT2D eigenvalue weighted by Gasteiger charge is -2.07. The molecule has 0 aliphatic heterocycles. The SMILES string of the molecule is Cc1ccc(Nc2nc(Cl)nc(N)c2[N+](=O)[O-])cc1. The third-order valence-corrected chi connectivity index (χ3v) is 2.55. The number of nitrogen functional groups attached to an aromatic ring is 1.